The molecule has 1 N–H and O–H groups in total. The van der Waals surface area contributed by atoms with Gasteiger partial charge in [-0.2, -0.15) is 0 Å². The van der Waals surface area contributed by atoms with E-state index in [1.54, 1.807) is 25.2 Å². The molecule has 1 unspecified atom stereocenters. The Bertz CT molecular complexity index is 460. The van der Waals surface area contributed by atoms with Crippen LogP contribution >= 0.6 is 23.2 Å². The quantitative estimate of drug-likeness (QED) is 0.925. The number of hydrogen-bond acceptors (Lipinski definition) is 2. The number of aliphatic hydroxyl groups excluding tert-OH is 1. The number of carbonyl (C=O) groups is 1. The first kappa shape index (κ1) is 13.7. The van der Waals surface area contributed by atoms with Gasteiger partial charge in [-0.25, -0.2) is 0 Å². The lowest BCUT2D eigenvalue weighted by atomic mass is 10.1. The fourth-order valence-corrected chi connectivity index (χ4v) is 2.35. The van der Waals surface area contributed by atoms with Gasteiger partial charge in [0, 0.05) is 18.6 Å². The molecule has 1 aliphatic carbocycles. The summed E-state index contributed by atoms with van der Waals surface area (Å²) in [5.41, 5.74) is 0.409. The van der Waals surface area contributed by atoms with E-state index in [0.29, 0.717) is 28.1 Å². The second kappa shape index (κ2) is 5.47. The van der Waals surface area contributed by atoms with Gasteiger partial charge in [-0.3, -0.25) is 4.79 Å². The smallest absolute Gasteiger partial charge is 0.255 e. The standard InChI is InChI=1S/C13H15Cl2NO2/c1-16(7-12(17)8-2-3-8)13(18)10-5-4-9(14)6-11(10)15/h4-6,8,12,17H,2-3,7H2,1H3. The van der Waals surface area contributed by atoms with Gasteiger partial charge < -0.3 is 10.0 Å². The number of hydrogen-bond donors (Lipinski definition) is 1. The van der Waals surface area contributed by atoms with Crippen LogP contribution in [0.5, 0.6) is 0 Å². The minimum atomic E-state index is -0.440. The van der Waals surface area contributed by atoms with E-state index in [0.717, 1.165) is 12.8 Å². The van der Waals surface area contributed by atoms with E-state index in [9.17, 15) is 9.90 Å². The van der Waals surface area contributed by atoms with Gasteiger partial charge in [0.05, 0.1) is 16.7 Å². The number of carbonyl (C=O) groups excluding carboxylic acids is 1. The summed E-state index contributed by atoms with van der Waals surface area (Å²) in [6.07, 6.45) is 1.65. The zero-order valence-corrected chi connectivity index (χ0v) is 11.6. The molecule has 0 saturated heterocycles. The van der Waals surface area contributed by atoms with Crippen molar-refractivity contribution >= 4 is 29.1 Å². The summed E-state index contributed by atoms with van der Waals surface area (Å²) >= 11 is 11.8. The molecule has 18 heavy (non-hydrogen) atoms. The van der Waals surface area contributed by atoms with Gasteiger partial charge in [0.2, 0.25) is 0 Å². The maximum absolute atomic E-state index is 12.1. The topological polar surface area (TPSA) is 40.5 Å². The highest BCUT2D eigenvalue weighted by molar-refractivity contribution is 6.36. The highest BCUT2D eigenvalue weighted by atomic mass is 35.5. The number of nitrogens with zero attached hydrogens (tertiary/aromatic N) is 1. The molecule has 2 rings (SSSR count). The molecule has 1 aliphatic rings. The monoisotopic (exact) mass is 287 g/mol. The van der Waals surface area contributed by atoms with Crippen LogP contribution in [-0.2, 0) is 0 Å². The average Bonchev–Trinajstić information content (AvgIpc) is 3.11. The lowest BCUT2D eigenvalue weighted by molar-refractivity contribution is 0.0645. The lowest BCUT2D eigenvalue weighted by Gasteiger charge is -2.21. The van der Waals surface area contributed by atoms with E-state index in [-0.39, 0.29) is 5.91 Å². The van der Waals surface area contributed by atoms with E-state index < -0.39 is 6.10 Å². The normalized spacial score (nSPS) is 16.4. The Hall–Kier alpha value is -0.770. The van der Waals surface area contributed by atoms with Crippen molar-refractivity contribution < 1.29 is 9.90 Å². The van der Waals surface area contributed by atoms with Crippen LogP contribution in [0.15, 0.2) is 18.2 Å². The van der Waals surface area contributed by atoms with Crippen molar-refractivity contribution in [1.29, 1.82) is 0 Å². The highest BCUT2D eigenvalue weighted by Crippen LogP contribution is 2.33. The molecule has 1 aromatic carbocycles. The molecule has 0 heterocycles. The molecule has 3 nitrogen and oxygen atoms in total. The summed E-state index contributed by atoms with van der Waals surface area (Å²) in [6, 6.07) is 4.78. The molecular formula is C13H15Cl2NO2. The molecule has 0 radical (unpaired) electrons. The first-order valence-electron chi connectivity index (χ1n) is 5.87. The Morgan fingerprint density at radius 1 is 1.50 bits per heavy atom. The van der Waals surface area contributed by atoms with E-state index in [2.05, 4.69) is 0 Å². The average molecular weight is 288 g/mol. The highest BCUT2D eigenvalue weighted by Gasteiger charge is 2.31. The van der Waals surface area contributed by atoms with Gasteiger partial charge in [-0.15, -0.1) is 0 Å². The summed E-state index contributed by atoms with van der Waals surface area (Å²) in [7, 11) is 1.67. The van der Waals surface area contributed by atoms with E-state index in [4.69, 9.17) is 23.2 Å². The van der Waals surface area contributed by atoms with Gasteiger partial charge in [-0.05, 0) is 37.0 Å². The maximum Gasteiger partial charge on any atom is 0.255 e. The summed E-state index contributed by atoms with van der Waals surface area (Å²) in [5.74, 6) is 0.150. The molecule has 0 spiro atoms. The fourth-order valence-electron chi connectivity index (χ4n) is 1.86. The largest absolute Gasteiger partial charge is 0.391 e. The molecule has 0 bridgehead atoms. The van der Waals surface area contributed by atoms with Crippen LogP contribution in [0.1, 0.15) is 23.2 Å². The summed E-state index contributed by atoms with van der Waals surface area (Å²) < 4.78 is 0. The van der Waals surface area contributed by atoms with Crippen LogP contribution in [0.25, 0.3) is 0 Å². The van der Waals surface area contributed by atoms with Crippen molar-refractivity contribution in [3.63, 3.8) is 0 Å². The molecule has 98 valence electrons. The predicted octanol–water partition coefficient (Wildman–Crippen LogP) is 2.84. The van der Waals surface area contributed by atoms with Gasteiger partial charge in [0.1, 0.15) is 0 Å². The number of aliphatic hydroxyl groups is 1. The molecule has 1 atom stereocenters. The number of amides is 1. The third-order valence-electron chi connectivity index (χ3n) is 3.14. The summed E-state index contributed by atoms with van der Waals surface area (Å²) in [6.45, 7) is 0.336. The Labute approximate surface area is 116 Å². The predicted molar refractivity (Wildman–Crippen MR) is 72.2 cm³/mol. The van der Waals surface area contributed by atoms with Gasteiger partial charge in [-0.1, -0.05) is 23.2 Å². The Morgan fingerprint density at radius 2 is 2.17 bits per heavy atom. The lowest BCUT2D eigenvalue weighted by Crippen LogP contribution is -2.35. The first-order valence-corrected chi connectivity index (χ1v) is 6.63. The van der Waals surface area contributed by atoms with Crippen LogP contribution in [0.3, 0.4) is 0 Å². The van der Waals surface area contributed by atoms with Gasteiger partial charge in [0.15, 0.2) is 0 Å². The van der Waals surface area contributed by atoms with Crippen molar-refractivity contribution in [2.24, 2.45) is 5.92 Å². The molecule has 0 aliphatic heterocycles. The molecule has 1 aromatic rings. The molecular weight excluding hydrogens is 273 g/mol. The third kappa shape index (κ3) is 3.16. The van der Waals surface area contributed by atoms with Crippen LogP contribution in [0.2, 0.25) is 10.0 Å². The van der Waals surface area contributed by atoms with Crippen molar-refractivity contribution in [2.45, 2.75) is 18.9 Å². The van der Waals surface area contributed by atoms with Crippen LogP contribution in [0.4, 0.5) is 0 Å². The summed E-state index contributed by atoms with van der Waals surface area (Å²) in [5, 5.41) is 10.7. The molecule has 1 amide bonds. The second-order valence-corrected chi connectivity index (χ2v) is 5.56. The second-order valence-electron chi connectivity index (χ2n) is 4.71. The fraction of sp³-hybridized carbons (Fsp3) is 0.462. The molecule has 1 fully saturated rings. The first-order chi connectivity index (χ1) is 8.49. The Kier molecular flexibility index (Phi) is 4.15. The zero-order valence-electron chi connectivity index (χ0n) is 10.1. The van der Waals surface area contributed by atoms with Crippen LogP contribution < -0.4 is 0 Å². The van der Waals surface area contributed by atoms with Crippen LogP contribution in [0, 0.1) is 5.92 Å². The molecule has 1 saturated carbocycles. The number of likely N-dealkylation sites (N-methyl/N-ethyl adjacent to an activating group) is 1. The van der Waals surface area contributed by atoms with Crippen molar-refractivity contribution in [3.8, 4) is 0 Å². The number of halogens is 2. The van der Waals surface area contributed by atoms with Crippen LogP contribution in [-0.4, -0.2) is 35.6 Å². The van der Waals surface area contributed by atoms with Crippen molar-refractivity contribution in [1.82, 2.24) is 4.90 Å². The SMILES string of the molecule is CN(CC(O)C1CC1)C(=O)c1ccc(Cl)cc1Cl. The van der Waals surface area contributed by atoms with Crippen molar-refractivity contribution in [3.05, 3.63) is 33.8 Å². The zero-order chi connectivity index (χ0) is 13.3. The minimum absolute atomic E-state index is 0.198. The molecule has 5 heteroatoms. The third-order valence-corrected chi connectivity index (χ3v) is 3.68. The van der Waals surface area contributed by atoms with Gasteiger partial charge in [0.25, 0.3) is 5.91 Å². The van der Waals surface area contributed by atoms with E-state index >= 15 is 0 Å². The number of benzene rings is 1. The van der Waals surface area contributed by atoms with E-state index in [1.165, 1.54) is 4.90 Å². The minimum Gasteiger partial charge on any atom is -0.391 e. The van der Waals surface area contributed by atoms with E-state index in [1.807, 2.05) is 0 Å². The Balaban J connectivity index is 2.04. The maximum atomic E-state index is 12.1. The van der Waals surface area contributed by atoms with Gasteiger partial charge >= 0.3 is 0 Å². The number of rotatable bonds is 4. The molecule has 0 aromatic heterocycles. The summed E-state index contributed by atoms with van der Waals surface area (Å²) in [4.78, 5) is 13.6. The Morgan fingerprint density at radius 3 is 2.72 bits per heavy atom. The van der Waals surface area contributed by atoms with Crippen molar-refractivity contribution in [2.75, 3.05) is 13.6 Å².